The fourth-order valence-corrected chi connectivity index (χ4v) is 2.78. The van der Waals surface area contributed by atoms with Crippen LogP contribution in [-0.2, 0) is 14.3 Å². The molecule has 2 rings (SSSR count). The molecule has 0 aromatic heterocycles. The van der Waals surface area contributed by atoms with E-state index in [1.54, 1.807) is 25.9 Å². The summed E-state index contributed by atoms with van der Waals surface area (Å²) in [6.07, 6.45) is 0.143. The number of esters is 1. The van der Waals surface area contributed by atoms with Crippen LogP contribution in [0.5, 0.6) is 0 Å². The van der Waals surface area contributed by atoms with Crippen molar-refractivity contribution >= 4 is 17.8 Å². The Bertz CT molecular complexity index is 637. The average Bonchev–Trinajstić information content (AvgIpc) is 2.61. The first-order valence-electron chi connectivity index (χ1n) is 8.26. The Balaban J connectivity index is 1.86. The van der Waals surface area contributed by atoms with Gasteiger partial charge >= 0.3 is 5.97 Å². The number of hydrogen-bond donors (Lipinski definition) is 0. The molecule has 7 heteroatoms. The number of carbonyl (C=O) groups is 3. The third-order valence-corrected chi connectivity index (χ3v) is 4.29. The average molecular weight is 350 g/mol. The van der Waals surface area contributed by atoms with Crippen molar-refractivity contribution in [3.8, 4) is 0 Å². The van der Waals surface area contributed by atoms with E-state index in [-0.39, 0.29) is 23.5 Å². The van der Waals surface area contributed by atoms with Gasteiger partial charge in [0.15, 0.2) is 6.10 Å². The molecule has 1 saturated heterocycles. The topological polar surface area (TPSA) is 66.9 Å². The minimum absolute atomic E-state index is 0.178. The summed E-state index contributed by atoms with van der Waals surface area (Å²) in [5, 5.41) is 0. The van der Waals surface area contributed by atoms with Gasteiger partial charge < -0.3 is 14.5 Å². The van der Waals surface area contributed by atoms with Crippen LogP contribution in [0.2, 0.25) is 0 Å². The minimum atomic E-state index is -0.818. The number of nitrogens with zero attached hydrogens (tertiary/aromatic N) is 2. The van der Waals surface area contributed by atoms with E-state index in [0.29, 0.717) is 31.5 Å². The van der Waals surface area contributed by atoms with Crippen LogP contribution >= 0.6 is 0 Å². The summed E-state index contributed by atoms with van der Waals surface area (Å²) in [4.78, 5) is 39.3. The first-order chi connectivity index (χ1) is 11.8. The van der Waals surface area contributed by atoms with Gasteiger partial charge in [0.05, 0.1) is 5.92 Å². The highest BCUT2D eigenvalue weighted by Crippen LogP contribution is 2.21. The number of likely N-dealkylation sites (N-methyl/N-ethyl adjacent to an activating group) is 1. The molecule has 0 N–H and O–H groups in total. The van der Waals surface area contributed by atoms with Gasteiger partial charge in [-0.2, -0.15) is 0 Å². The Hall–Kier alpha value is -2.44. The lowest BCUT2D eigenvalue weighted by Gasteiger charge is -2.31. The van der Waals surface area contributed by atoms with Gasteiger partial charge in [-0.25, -0.2) is 4.39 Å². The van der Waals surface area contributed by atoms with Crippen molar-refractivity contribution in [3.63, 3.8) is 0 Å². The molecule has 1 aromatic rings. The number of amides is 2. The maximum atomic E-state index is 12.9. The van der Waals surface area contributed by atoms with Crippen LogP contribution in [0.1, 0.15) is 30.1 Å². The third kappa shape index (κ3) is 4.78. The molecule has 0 aliphatic carbocycles. The summed E-state index contributed by atoms with van der Waals surface area (Å²) >= 11 is 0. The van der Waals surface area contributed by atoms with Crippen LogP contribution in [0.3, 0.4) is 0 Å². The normalized spacial score (nSPS) is 16.2. The summed E-state index contributed by atoms with van der Waals surface area (Å²) in [6.45, 7) is 2.39. The van der Waals surface area contributed by atoms with E-state index < -0.39 is 12.1 Å². The second kappa shape index (κ2) is 8.09. The molecule has 1 aliphatic heterocycles. The molecule has 25 heavy (non-hydrogen) atoms. The van der Waals surface area contributed by atoms with Crippen molar-refractivity contribution in [3.05, 3.63) is 35.6 Å². The van der Waals surface area contributed by atoms with Gasteiger partial charge in [0.1, 0.15) is 5.82 Å². The van der Waals surface area contributed by atoms with Crippen LogP contribution in [0.4, 0.5) is 4.39 Å². The molecule has 0 bridgehead atoms. The molecule has 136 valence electrons. The molecule has 0 unspecified atom stereocenters. The van der Waals surface area contributed by atoms with Crippen molar-refractivity contribution in [2.45, 2.75) is 25.9 Å². The highest BCUT2D eigenvalue weighted by atomic mass is 19.1. The summed E-state index contributed by atoms with van der Waals surface area (Å²) in [5.74, 6) is -1.56. The number of benzene rings is 1. The molecule has 1 aliphatic rings. The van der Waals surface area contributed by atoms with Crippen molar-refractivity contribution in [2.24, 2.45) is 5.92 Å². The standard InChI is InChI=1S/C18H23FN2O4/c1-12(16(22)20(2)3)25-18(24)14-8-10-21(11-9-14)17(23)13-4-6-15(19)7-5-13/h4-7,12,14H,8-11H2,1-3H3/t12-/m1/s1. The molecule has 0 radical (unpaired) electrons. The van der Waals surface area contributed by atoms with Crippen LogP contribution < -0.4 is 0 Å². The van der Waals surface area contributed by atoms with E-state index in [2.05, 4.69) is 0 Å². The van der Waals surface area contributed by atoms with Gasteiger partial charge in [-0.1, -0.05) is 0 Å². The number of halogens is 1. The van der Waals surface area contributed by atoms with Gasteiger partial charge in [0.25, 0.3) is 11.8 Å². The summed E-state index contributed by atoms with van der Waals surface area (Å²) < 4.78 is 18.2. The lowest BCUT2D eigenvalue weighted by atomic mass is 9.96. The van der Waals surface area contributed by atoms with Crippen molar-refractivity contribution in [1.82, 2.24) is 9.80 Å². The van der Waals surface area contributed by atoms with E-state index in [1.165, 1.54) is 29.2 Å². The fourth-order valence-electron chi connectivity index (χ4n) is 2.78. The zero-order valence-corrected chi connectivity index (χ0v) is 14.7. The Labute approximate surface area is 146 Å². The Morgan fingerprint density at radius 3 is 2.24 bits per heavy atom. The molecule has 1 aromatic carbocycles. The van der Waals surface area contributed by atoms with Gasteiger partial charge in [-0.05, 0) is 44.0 Å². The molecular weight excluding hydrogens is 327 g/mol. The van der Waals surface area contributed by atoms with E-state index in [4.69, 9.17) is 4.74 Å². The van der Waals surface area contributed by atoms with E-state index >= 15 is 0 Å². The number of ether oxygens (including phenoxy) is 1. The van der Waals surface area contributed by atoms with Crippen molar-refractivity contribution < 1.29 is 23.5 Å². The SMILES string of the molecule is C[C@@H](OC(=O)C1CCN(C(=O)c2ccc(F)cc2)CC1)C(=O)N(C)C. The quantitative estimate of drug-likeness (QED) is 0.775. The number of hydrogen-bond acceptors (Lipinski definition) is 4. The summed E-state index contributed by atoms with van der Waals surface area (Å²) in [5.41, 5.74) is 0.424. The Kier molecular flexibility index (Phi) is 6.12. The minimum Gasteiger partial charge on any atom is -0.452 e. The van der Waals surface area contributed by atoms with Gasteiger partial charge in [-0.3, -0.25) is 14.4 Å². The van der Waals surface area contributed by atoms with Crippen LogP contribution in [0.25, 0.3) is 0 Å². The van der Waals surface area contributed by atoms with Gasteiger partial charge in [0, 0.05) is 32.7 Å². The fraction of sp³-hybridized carbons (Fsp3) is 0.500. The first-order valence-corrected chi connectivity index (χ1v) is 8.26. The first kappa shape index (κ1) is 18.9. The van der Waals surface area contributed by atoms with Gasteiger partial charge in [0.2, 0.25) is 0 Å². The lowest BCUT2D eigenvalue weighted by molar-refractivity contribution is -0.162. The van der Waals surface area contributed by atoms with E-state index in [9.17, 15) is 18.8 Å². The maximum absolute atomic E-state index is 12.9. The summed E-state index contributed by atoms with van der Waals surface area (Å²) in [7, 11) is 3.21. The van der Waals surface area contributed by atoms with Crippen molar-refractivity contribution in [1.29, 1.82) is 0 Å². The third-order valence-electron chi connectivity index (χ3n) is 4.29. The lowest BCUT2D eigenvalue weighted by Crippen LogP contribution is -2.42. The molecule has 1 heterocycles. The smallest absolute Gasteiger partial charge is 0.309 e. The van der Waals surface area contributed by atoms with Crippen LogP contribution in [0.15, 0.2) is 24.3 Å². The molecule has 1 fully saturated rings. The van der Waals surface area contributed by atoms with Crippen molar-refractivity contribution in [2.75, 3.05) is 27.2 Å². The molecular formula is C18H23FN2O4. The molecule has 2 amide bonds. The predicted molar refractivity (Wildman–Crippen MR) is 89.3 cm³/mol. The highest BCUT2D eigenvalue weighted by molar-refractivity contribution is 5.94. The Morgan fingerprint density at radius 1 is 1.16 bits per heavy atom. The number of rotatable bonds is 4. The van der Waals surface area contributed by atoms with E-state index in [1.807, 2.05) is 0 Å². The zero-order valence-electron chi connectivity index (χ0n) is 14.7. The number of likely N-dealkylation sites (tertiary alicyclic amines) is 1. The molecule has 0 saturated carbocycles. The van der Waals surface area contributed by atoms with Crippen LogP contribution in [0, 0.1) is 11.7 Å². The van der Waals surface area contributed by atoms with Crippen LogP contribution in [-0.4, -0.2) is 60.9 Å². The Morgan fingerprint density at radius 2 is 1.72 bits per heavy atom. The second-order valence-electron chi connectivity index (χ2n) is 6.39. The predicted octanol–water partition coefficient (Wildman–Crippen LogP) is 1.70. The monoisotopic (exact) mass is 350 g/mol. The highest BCUT2D eigenvalue weighted by Gasteiger charge is 2.31. The number of carbonyl (C=O) groups excluding carboxylic acids is 3. The molecule has 0 spiro atoms. The summed E-state index contributed by atoms with van der Waals surface area (Å²) in [6, 6.07) is 5.40. The second-order valence-corrected chi connectivity index (χ2v) is 6.39. The molecule has 1 atom stereocenters. The maximum Gasteiger partial charge on any atom is 0.309 e. The molecule has 6 nitrogen and oxygen atoms in total. The zero-order chi connectivity index (χ0) is 18.6. The van der Waals surface area contributed by atoms with Gasteiger partial charge in [-0.15, -0.1) is 0 Å². The number of piperidine rings is 1. The largest absolute Gasteiger partial charge is 0.452 e. The van der Waals surface area contributed by atoms with E-state index in [0.717, 1.165) is 0 Å².